The lowest BCUT2D eigenvalue weighted by Crippen LogP contribution is -2.23. The first-order valence-corrected chi connectivity index (χ1v) is 10.0. The molecule has 1 amide bonds. The molecule has 0 aliphatic rings. The van der Waals surface area contributed by atoms with Crippen LogP contribution in [0.5, 0.6) is 0 Å². The molecule has 0 fully saturated rings. The van der Waals surface area contributed by atoms with E-state index in [1.54, 1.807) is 0 Å². The van der Waals surface area contributed by atoms with Gasteiger partial charge in [0, 0.05) is 30.9 Å². The van der Waals surface area contributed by atoms with Crippen molar-refractivity contribution in [1.29, 1.82) is 0 Å². The number of aliphatic carboxylic acids is 1. The highest BCUT2D eigenvalue weighted by Crippen LogP contribution is 2.20. The Hall–Kier alpha value is -2.30. The quantitative estimate of drug-likeness (QED) is 0.373. The first-order valence-electron chi connectivity index (χ1n) is 10.0. The van der Waals surface area contributed by atoms with Crippen molar-refractivity contribution in [3.8, 4) is 0 Å². The fourth-order valence-electron chi connectivity index (χ4n) is 2.97. The molecule has 5 nitrogen and oxygen atoms in total. The molecular weight excluding hydrogens is 340 g/mol. The maximum Gasteiger partial charge on any atom is 0.307 e. The van der Waals surface area contributed by atoms with E-state index in [9.17, 15) is 14.7 Å². The van der Waals surface area contributed by atoms with Gasteiger partial charge >= 0.3 is 5.97 Å². The number of anilines is 2. The lowest BCUT2D eigenvalue weighted by molar-refractivity contribution is -0.143. The Balaban J connectivity index is 2.59. The Kier molecular flexibility index (Phi) is 10.9. The van der Waals surface area contributed by atoms with Crippen molar-refractivity contribution in [3.05, 3.63) is 36.4 Å². The van der Waals surface area contributed by atoms with E-state index < -0.39 is 11.9 Å². The van der Waals surface area contributed by atoms with Gasteiger partial charge in [0.1, 0.15) is 0 Å². The first-order chi connectivity index (χ1) is 13.0. The molecule has 27 heavy (non-hydrogen) atoms. The Morgan fingerprint density at radius 3 is 2.52 bits per heavy atom. The minimum atomic E-state index is -0.930. The molecule has 1 unspecified atom stereocenters. The van der Waals surface area contributed by atoms with E-state index in [2.05, 4.69) is 31.0 Å². The van der Waals surface area contributed by atoms with E-state index in [1.807, 2.05) is 36.4 Å². The van der Waals surface area contributed by atoms with E-state index in [0.29, 0.717) is 12.1 Å². The van der Waals surface area contributed by atoms with Gasteiger partial charge < -0.3 is 15.3 Å². The van der Waals surface area contributed by atoms with Gasteiger partial charge in [0.15, 0.2) is 0 Å². The van der Waals surface area contributed by atoms with Crippen LogP contribution in [0, 0.1) is 5.92 Å². The summed E-state index contributed by atoms with van der Waals surface area (Å²) in [5, 5.41) is 12.2. The smallest absolute Gasteiger partial charge is 0.307 e. The third-order valence-electron chi connectivity index (χ3n) is 4.60. The van der Waals surface area contributed by atoms with Gasteiger partial charge in [-0.2, -0.15) is 0 Å². The monoisotopic (exact) mass is 374 g/mol. The van der Waals surface area contributed by atoms with Crippen molar-refractivity contribution in [2.75, 3.05) is 23.3 Å². The number of benzene rings is 1. The largest absolute Gasteiger partial charge is 0.481 e. The summed E-state index contributed by atoms with van der Waals surface area (Å²) in [5.41, 5.74) is 1.74. The maximum absolute atomic E-state index is 12.3. The number of hydrogen-bond donors (Lipinski definition) is 2. The van der Waals surface area contributed by atoms with Crippen LogP contribution in [0.15, 0.2) is 36.4 Å². The molecule has 0 heterocycles. The number of allylic oxidation sites excluding steroid dienone is 2. The zero-order valence-electron chi connectivity index (χ0n) is 16.9. The minimum Gasteiger partial charge on any atom is -0.481 e. The number of nitrogens with zero attached hydrogens (tertiary/aromatic N) is 1. The van der Waals surface area contributed by atoms with E-state index >= 15 is 0 Å². The van der Waals surface area contributed by atoms with Gasteiger partial charge in [0.05, 0.1) is 5.92 Å². The normalized spacial score (nSPS) is 12.1. The second-order valence-electron chi connectivity index (χ2n) is 6.71. The van der Waals surface area contributed by atoms with Gasteiger partial charge in [-0.1, -0.05) is 38.0 Å². The molecule has 2 N–H and O–H groups in total. The topological polar surface area (TPSA) is 69.6 Å². The lowest BCUT2D eigenvalue weighted by atomic mass is 10.0. The van der Waals surface area contributed by atoms with Crippen molar-refractivity contribution in [2.24, 2.45) is 5.92 Å². The fourth-order valence-corrected chi connectivity index (χ4v) is 2.97. The summed E-state index contributed by atoms with van der Waals surface area (Å²) in [5.74, 6) is -1.89. The zero-order valence-corrected chi connectivity index (χ0v) is 16.9. The van der Waals surface area contributed by atoms with Crippen molar-refractivity contribution >= 4 is 23.3 Å². The van der Waals surface area contributed by atoms with E-state index in [4.69, 9.17) is 0 Å². The molecule has 0 aliphatic carbocycles. The molecule has 0 aromatic heterocycles. The molecule has 1 aromatic rings. The van der Waals surface area contributed by atoms with Crippen LogP contribution in [0.3, 0.4) is 0 Å². The summed E-state index contributed by atoms with van der Waals surface area (Å²) in [6.07, 6.45) is 8.71. The van der Waals surface area contributed by atoms with Crippen LogP contribution in [0.25, 0.3) is 0 Å². The number of carboxylic acid groups (broad SMARTS) is 1. The molecule has 5 heteroatoms. The van der Waals surface area contributed by atoms with Crippen LogP contribution in [-0.2, 0) is 9.59 Å². The van der Waals surface area contributed by atoms with Crippen molar-refractivity contribution in [3.63, 3.8) is 0 Å². The molecule has 0 saturated heterocycles. The second kappa shape index (κ2) is 13.0. The average molecular weight is 375 g/mol. The molecular formula is C22H34N2O3. The van der Waals surface area contributed by atoms with Crippen LogP contribution in [0.4, 0.5) is 11.4 Å². The molecule has 0 aliphatic heterocycles. The standard InChI is InChI=1S/C22H34N2O3/c1-4-7-8-9-10-11-13-18(22(26)27)16-21(25)23-19-14-12-15-20(17-19)24(5-2)6-3/h10-12,14-15,17-18H,4-9,13,16H2,1-3H3,(H,23,25)(H,26,27)/b11-10+. The van der Waals surface area contributed by atoms with Gasteiger partial charge in [0.25, 0.3) is 0 Å². The van der Waals surface area contributed by atoms with Crippen LogP contribution >= 0.6 is 0 Å². The molecule has 0 spiro atoms. The molecule has 150 valence electrons. The maximum atomic E-state index is 12.3. The summed E-state index contributed by atoms with van der Waals surface area (Å²) in [6.45, 7) is 8.10. The first kappa shape index (κ1) is 22.7. The average Bonchev–Trinajstić information content (AvgIpc) is 2.64. The molecule has 0 bridgehead atoms. The molecule has 0 saturated carbocycles. The summed E-state index contributed by atoms with van der Waals surface area (Å²) in [4.78, 5) is 26.0. The zero-order chi connectivity index (χ0) is 20.1. The number of hydrogen-bond acceptors (Lipinski definition) is 3. The summed E-state index contributed by atoms with van der Waals surface area (Å²) in [7, 11) is 0. The van der Waals surface area contributed by atoms with Gasteiger partial charge in [-0.25, -0.2) is 0 Å². The van der Waals surface area contributed by atoms with Crippen molar-refractivity contribution < 1.29 is 14.7 Å². The third kappa shape index (κ3) is 8.76. The van der Waals surface area contributed by atoms with E-state index in [0.717, 1.165) is 31.6 Å². The number of nitrogens with one attached hydrogen (secondary N) is 1. The number of carbonyl (C=O) groups is 2. The SMILES string of the molecule is CCCCC/C=C/CC(CC(=O)Nc1cccc(N(CC)CC)c1)C(=O)O. The molecule has 1 rings (SSSR count). The second-order valence-corrected chi connectivity index (χ2v) is 6.71. The third-order valence-corrected chi connectivity index (χ3v) is 4.60. The highest BCUT2D eigenvalue weighted by molar-refractivity contribution is 5.93. The van der Waals surface area contributed by atoms with Crippen LogP contribution < -0.4 is 10.2 Å². The number of rotatable bonds is 13. The molecule has 0 radical (unpaired) electrons. The fraction of sp³-hybridized carbons (Fsp3) is 0.545. The number of carbonyl (C=O) groups excluding carboxylic acids is 1. The summed E-state index contributed by atoms with van der Waals surface area (Å²) >= 11 is 0. The lowest BCUT2D eigenvalue weighted by Gasteiger charge is -2.21. The van der Waals surface area contributed by atoms with E-state index in [1.165, 1.54) is 12.8 Å². The van der Waals surface area contributed by atoms with Gasteiger partial charge in [-0.3, -0.25) is 9.59 Å². The van der Waals surface area contributed by atoms with E-state index in [-0.39, 0.29) is 12.3 Å². The number of amides is 1. The Labute approximate surface area is 163 Å². The molecule has 1 atom stereocenters. The Morgan fingerprint density at radius 1 is 1.15 bits per heavy atom. The van der Waals surface area contributed by atoms with Crippen molar-refractivity contribution in [2.45, 2.75) is 59.3 Å². The molecule has 1 aromatic carbocycles. The Bertz CT molecular complexity index is 609. The van der Waals surface area contributed by atoms with Crippen molar-refractivity contribution in [1.82, 2.24) is 0 Å². The van der Waals surface area contributed by atoms with Crippen LogP contribution in [-0.4, -0.2) is 30.1 Å². The van der Waals surface area contributed by atoms with Gasteiger partial charge in [-0.05, 0) is 51.3 Å². The minimum absolute atomic E-state index is 0.0237. The van der Waals surface area contributed by atoms with Gasteiger partial charge in [0.2, 0.25) is 5.91 Å². The predicted octanol–water partition coefficient (Wildman–Crippen LogP) is 5.09. The van der Waals surface area contributed by atoms with Gasteiger partial charge in [-0.15, -0.1) is 0 Å². The number of carboxylic acids is 1. The van der Waals surface area contributed by atoms with Crippen LogP contribution in [0.1, 0.15) is 59.3 Å². The number of unbranched alkanes of at least 4 members (excludes halogenated alkanes) is 3. The highest BCUT2D eigenvalue weighted by atomic mass is 16.4. The Morgan fingerprint density at radius 2 is 1.89 bits per heavy atom. The predicted molar refractivity (Wildman–Crippen MR) is 112 cm³/mol. The highest BCUT2D eigenvalue weighted by Gasteiger charge is 2.20. The summed E-state index contributed by atoms with van der Waals surface area (Å²) < 4.78 is 0. The summed E-state index contributed by atoms with van der Waals surface area (Å²) in [6, 6.07) is 7.66. The van der Waals surface area contributed by atoms with Crippen LogP contribution in [0.2, 0.25) is 0 Å².